The van der Waals surface area contributed by atoms with Gasteiger partial charge in [0.25, 0.3) is 0 Å². The van der Waals surface area contributed by atoms with Gasteiger partial charge in [-0.25, -0.2) is 0 Å². The number of carbonyl (C=O) groups excluding carboxylic acids is 2. The highest BCUT2D eigenvalue weighted by molar-refractivity contribution is 9.10. The summed E-state index contributed by atoms with van der Waals surface area (Å²) in [5.74, 6) is 1.38. The van der Waals surface area contributed by atoms with Crippen LogP contribution in [0.3, 0.4) is 0 Å². The molecule has 0 atom stereocenters. The average molecular weight is 546 g/mol. The number of amides is 2. The third kappa shape index (κ3) is 6.83. The van der Waals surface area contributed by atoms with Crippen LogP contribution in [0.15, 0.2) is 46.0 Å². The third-order valence-corrected chi connectivity index (χ3v) is 6.60. The smallest absolute Gasteiger partial charge is 0.234 e. The van der Waals surface area contributed by atoms with Crippen molar-refractivity contribution in [3.8, 4) is 5.75 Å². The van der Waals surface area contributed by atoms with Crippen molar-refractivity contribution in [2.75, 3.05) is 18.2 Å². The maximum absolute atomic E-state index is 12.5. The molecule has 0 bridgehead atoms. The molecule has 0 aliphatic rings. The van der Waals surface area contributed by atoms with Gasteiger partial charge in [-0.05, 0) is 61.7 Å². The van der Waals surface area contributed by atoms with Crippen LogP contribution in [0.2, 0.25) is 0 Å². The zero-order chi connectivity index (χ0) is 24.7. The summed E-state index contributed by atoms with van der Waals surface area (Å²) in [4.78, 5) is 24.9. The molecule has 0 unspecified atom stereocenters. The molecule has 2 aromatic carbocycles. The molecule has 2 amide bonds. The van der Waals surface area contributed by atoms with Crippen LogP contribution in [0.5, 0.6) is 5.75 Å². The highest BCUT2D eigenvalue weighted by Crippen LogP contribution is 2.26. The molecule has 10 heteroatoms. The van der Waals surface area contributed by atoms with Crippen molar-refractivity contribution in [1.29, 1.82) is 0 Å². The minimum atomic E-state index is -0.112. The lowest BCUT2D eigenvalue weighted by Crippen LogP contribution is -2.26. The summed E-state index contributed by atoms with van der Waals surface area (Å²) in [6.45, 7) is 6.79. The number of thioether (sulfide) groups is 1. The lowest BCUT2D eigenvalue weighted by atomic mass is 10.1. The first-order valence-electron chi connectivity index (χ1n) is 10.8. The number of benzene rings is 2. The number of ether oxygens (including phenoxy) is 1. The summed E-state index contributed by atoms with van der Waals surface area (Å²) in [5.41, 5.74) is 3.71. The number of aromatic nitrogens is 3. The number of halogens is 1. The Bertz CT molecular complexity index is 1140. The number of hydrogen-bond acceptors (Lipinski definition) is 6. The normalized spacial score (nSPS) is 10.7. The Kier molecular flexibility index (Phi) is 9.12. The summed E-state index contributed by atoms with van der Waals surface area (Å²) in [6, 6.07) is 11.3. The molecule has 180 valence electrons. The first-order valence-corrected chi connectivity index (χ1v) is 12.6. The maximum Gasteiger partial charge on any atom is 0.234 e. The second-order valence-electron chi connectivity index (χ2n) is 7.70. The van der Waals surface area contributed by atoms with Crippen molar-refractivity contribution in [1.82, 2.24) is 20.1 Å². The molecule has 34 heavy (non-hydrogen) atoms. The molecule has 0 radical (unpaired) electrons. The fourth-order valence-corrected chi connectivity index (χ4v) is 4.96. The van der Waals surface area contributed by atoms with Gasteiger partial charge >= 0.3 is 0 Å². The van der Waals surface area contributed by atoms with Crippen LogP contribution >= 0.6 is 27.7 Å². The zero-order valence-corrected chi connectivity index (χ0v) is 22.0. The van der Waals surface area contributed by atoms with Crippen LogP contribution in [-0.2, 0) is 29.1 Å². The number of methoxy groups -OCH3 is 1. The fourth-order valence-electron chi connectivity index (χ4n) is 3.46. The lowest BCUT2D eigenvalue weighted by molar-refractivity contribution is -0.120. The van der Waals surface area contributed by atoms with Gasteiger partial charge < -0.3 is 19.9 Å². The molecular formula is C24H28BrN5O3S. The highest BCUT2D eigenvalue weighted by Gasteiger charge is 2.15. The van der Waals surface area contributed by atoms with Crippen molar-refractivity contribution in [3.63, 3.8) is 0 Å². The van der Waals surface area contributed by atoms with E-state index in [1.165, 1.54) is 11.8 Å². The van der Waals surface area contributed by atoms with Gasteiger partial charge in [0, 0.05) is 16.7 Å². The molecule has 2 N–H and O–H groups in total. The topological polar surface area (TPSA) is 98.1 Å². The van der Waals surface area contributed by atoms with E-state index in [0.717, 1.165) is 32.6 Å². The predicted octanol–water partition coefficient (Wildman–Crippen LogP) is 4.28. The molecule has 0 saturated heterocycles. The number of aryl methyl sites for hydroxylation is 2. The van der Waals surface area contributed by atoms with Crippen molar-refractivity contribution in [2.24, 2.45) is 0 Å². The first kappa shape index (κ1) is 25.8. The predicted molar refractivity (Wildman–Crippen MR) is 137 cm³/mol. The van der Waals surface area contributed by atoms with E-state index >= 15 is 0 Å². The monoisotopic (exact) mass is 545 g/mol. The van der Waals surface area contributed by atoms with Crippen LogP contribution in [0.25, 0.3) is 0 Å². The molecule has 1 aromatic heterocycles. The number of anilines is 1. The Labute approximate surface area is 212 Å². The van der Waals surface area contributed by atoms with E-state index in [-0.39, 0.29) is 30.5 Å². The number of rotatable bonds is 10. The van der Waals surface area contributed by atoms with Crippen molar-refractivity contribution >= 4 is 45.2 Å². The second kappa shape index (κ2) is 12.0. The van der Waals surface area contributed by atoms with E-state index in [0.29, 0.717) is 17.5 Å². The quantitative estimate of drug-likeness (QED) is 0.369. The van der Waals surface area contributed by atoms with Crippen LogP contribution in [-0.4, -0.2) is 39.4 Å². The maximum atomic E-state index is 12.5. The zero-order valence-electron chi connectivity index (χ0n) is 19.6. The second-order valence-corrected chi connectivity index (χ2v) is 9.55. The largest absolute Gasteiger partial charge is 0.497 e. The number of nitrogens with one attached hydrogen (secondary N) is 2. The molecule has 3 aromatic rings. The van der Waals surface area contributed by atoms with Gasteiger partial charge in [-0.2, -0.15) is 0 Å². The number of nitrogens with zero attached hydrogens (tertiary/aromatic N) is 3. The lowest BCUT2D eigenvalue weighted by Gasteiger charge is -2.12. The highest BCUT2D eigenvalue weighted by atomic mass is 79.9. The summed E-state index contributed by atoms with van der Waals surface area (Å²) < 4.78 is 8.02. The van der Waals surface area contributed by atoms with Crippen LogP contribution < -0.4 is 15.4 Å². The van der Waals surface area contributed by atoms with Gasteiger partial charge in [0.1, 0.15) is 5.75 Å². The van der Waals surface area contributed by atoms with Gasteiger partial charge in [0.2, 0.25) is 11.8 Å². The van der Waals surface area contributed by atoms with Crippen LogP contribution in [0.1, 0.15) is 29.4 Å². The minimum Gasteiger partial charge on any atom is -0.497 e. The standard InChI is InChI=1S/C24H28BrN5O3S/c1-5-30-20(13-26-21(31)12-17-6-8-19(33-4)9-7-17)28-29-24(30)34-14-22(32)27-23-15(2)10-18(25)11-16(23)3/h6-11H,5,12-14H2,1-4H3,(H,26,31)(H,27,32). The van der Waals surface area contributed by atoms with Gasteiger partial charge in [0.15, 0.2) is 11.0 Å². The molecular weight excluding hydrogens is 518 g/mol. The molecule has 0 aliphatic carbocycles. The fraction of sp³-hybridized carbons (Fsp3) is 0.333. The van der Waals surface area contributed by atoms with E-state index in [2.05, 4.69) is 36.8 Å². The molecule has 1 heterocycles. The van der Waals surface area contributed by atoms with E-state index < -0.39 is 0 Å². The SMILES string of the molecule is CCn1c(CNC(=O)Cc2ccc(OC)cc2)nnc1SCC(=O)Nc1c(C)cc(Br)cc1C. The molecule has 3 rings (SSSR count). The first-order chi connectivity index (χ1) is 16.3. The summed E-state index contributed by atoms with van der Waals surface area (Å²) >= 11 is 4.79. The van der Waals surface area contributed by atoms with Gasteiger partial charge in [-0.1, -0.05) is 39.8 Å². The van der Waals surface area contributed by atoms with Crippen molar-refractivity contribution in [3.05, 3.63) is 63.4 Å². The molecule has 0 spiro atoms. The van der Waals surface area contributed by atoms with E-state index in [4.69, 9.17) is 4.74 Å². The Hall–Kier alpha value is -2.85. The van der Waals surface area contributed by atoms with E-state index in [9.17, 15) is 9.59 Å². The summed E-state index contributed by atoms with van der Waals surface area (Å²) in [5, 5.41) is 15.0. The Morgan fingerprint density at radius 3 is 2.38 bits per heavy atom. The third-order valence-electron chi connectivity index (χ3n) is 5.17. The molecule has 8 nitrogen and oxygen atoms in total. The Morgan fingerprint density at radius 1 is 1.09 bits per heavy atom. The summed E-state index contributed by atoms with van der Waals surface area (Å²) in [7, 11) is 1.61. The average Bonchev–Trinajstić information content (AvgIpc) is 3.21. The van der Waals surface area contributed by atoms with Gasteiger partial charge in [-0.15, -0.1) is 10.2 Å². The molecule has 0 saturated carbocycles. The van der Waals surface area contributed by atoms with Gasteiger partial charge in [-0.3, -0.25) is 9.59 Å². The summed E-state index contributed by atoms with van der Waals surface area (Å²) in [6.07, 6.45) is 0.265. The van der Waals surface area contributed by atoms with Crippen LogP contribution in [0.4, 0.5) is 5.69 Å². The molecule has 0 fully saturated rings. The van der Waals surface area contributed by atoms with Crippen molar-refractivity contribution < 1.29 is 14.3 Å². The minimum absolute atomic E-state index is 0.107. The Morgan fingerprint density at radius 2 is 1.76 bits per heavy atom. The van der Waals surface area contributed by atoms with E-state index in [1.54, 1.807) is 7.11 Å². The molecule has 0 aliphatic heterocycles. The van der Waals surface area contributed by atoms with E-state index in [1.807, 2.05) is 61.7 Å². The van der Waals surface area contributed by atoms with Crippen LogP contribution in [0, 0.1) is 13.8 Å². The number of carbonyl (C=O) groups is 2. The Balaban J connectivity index is 1.54. The number of hydrogen-bond donors (Lipinski definition) is 2. The van der Waals surface area contributed by atoms with Gasteiger partial charge in [0.05, 0.1) is 25.8 Å². The van der Waals surface area contributed by atoms with Crippen molar-refractivity contribution in [2.45, 2.75) is 45.4 Å².